The molecule has 4 rings (SSSR count). The number of carbonyl (C=O) groups is 2. The van der Waals surface area contributed by atoms with Crippen molar-refractivity contribution in [3.8, 4) is 0 Å². The number of fused-ring (bicyclic) bond motifs is 1. The smallest absolute Gasteiger partial charge is 0.272 e. The summed E-state index contributed by atoms with van der Waals surface area (Å²) >= 11 is 0. The van der Waals surface area contributed by atoms with E-state index in [1.54, 1.807) is 4.68 Å². The Bertz CT molecular complexity index is 833. The predicted octanol–water partition coefficient (Wildman–Crippen LogP) is 3.46. The molecule has 0 aromatic carbocycles. The van der Waals surface area contributed by atoms with Crippen LogP contribution in [0.3, 0.4) is 0 Å². The molecule has 1 aromatic rings. The molecule has 1 atom stereocenters. The van der Waals surface area contributed by atoms with E-state index >= 15 is 0 Å². The standard InChI is InChI=1S/C24H37N5O2/c1-4-28-17(2)21-15-20(22(30)25-18-13-9-10-14-18)27-29(21)16-24(28,3)23(31)26-19-11-7-5-6-8-12-19/h15,18-19H,2,4-14,16H2,1,3H3,(H,25,30)(H,26,31). The highest BCUT2D eigenvalue weighted by atomic mass is 16.2. The molecule has 1 aliphatic heterocycles. The van der Waals surface area contributed by atoms with Crippen molar-refractivity contribution < 1.29 is 9.59 Å². The van der Waals surface area contributed by atoms with Gasteiger partial charge in [0.05, 0.1) is 17.9 Å². The monoisotopic (exact) mass is 427 g/mol. The third-order valence-electron chi connectivity index (χ3n) is 7.37. The van der Waals surface area contributed by atoms with Gasteiger partial charge in [0.1, 0.15) is 5.54 Å². The van der Waals surface area contributed by atoms with Gasteiger partial charge in [0.15, 0.2) is 5.69 Å². The Morgan fingerprint density at radius 2 is 1.65 bits per heavy atom. The maximum atomic E-state index is 13.5. The average molecular weight is 428 g/mol. The minimum Gasteiger partial charge on any atom is -0.355 e. The lowest BCUT2D eigenvalue weighted by molar-refractivity contribution is -0.133. The number of hydrogen-bond donors (Lipinski definition) is 2. The number of rotatable bonds is 5. The van der Waals surface area contributed by atoms with E-state index in [2.05, 4.69) is 27.2 Å². The van der Waals surface area contributed by atoms with E-state index in [1.165, 1.54) is 38.5 Å². The summed E-state index contributed by atoms with van der Waals surface area (Å²) in [6, 6.07) is 2.31. The zero-order chi connectivity index (χ0) is 22.0. The van der Waals surface area contributed by atoms with Crippen LogP contribution in [0.2, 0.25) is 0 Å². The average Bonchev–Trinajstić information content (AvgIpc) is 3.33. The zero-order valence-electron chi connectivity index (χ0n) is 19.1. The molecular weight excluding hydrogens is 390 g/mol. The molecule has 7 heteroatoms. The normalized spacial score (nSPS) is 25.2. The van der Waals surface area contributed by atoms with Gasteiger partial charge in [0.25, 0.3) is 5.91 Å². The number of hydrogen-bond acceptors (Lipinski definition) is 4. The number of aromatic nitrogens is 2. The highest BCUT2D eigenvalue weighted by Crippen LogP contribution is 2.34. The van der Waals surface area contributed by atoms with Gasteiger partial charge in [-0.2, -0.15) is 5.10 Å². The molecule has 2 amide bonds. The van der Waals surface area contributed by atoms with Gasteiger partial charge in [0, 0.05) is 18.6 Å². The van der Waals surface area contributed by atoms with Crippen molar-refractivity contribution in [3.05, 3.63) is 24.0 Å². The third kappa shape index (κ3) is 4.37. The molecule has 0 saturated heterocycles. The first-order chi connectivity index (χ1) is 14.9. The molecule has 0 spiro atoms. The van der Waals surface area contributed by atoms with Crippen molar-refractivity contribution in [2.24, 2.45) is 0 Å². The zero-order valence-corrected chi connectivity index (χ0v) is 19.1. The first kappa shape index (κ1) is 21.9. The summed E-state index contributed by atoms with van der Waals surface area (Å²) in [5, 5.41) is 11.0. The van der Waals surface area contributed by atoms with Crippen LogP contribution >= 0.6 is 0 Å². The fourth-order valence-electron chi connectivity index (χ4n) is 5.52. The Labute approximate surface area is 185 Å². The number of nitrogens with one attached hydrogen (secondary N) is 2. The van der Waals surface area contributed by atoms with Gasteiger partial charge in [-0.15, -0.1) is 0 Å². The summed E-state index contributed by atoms with van der Waals surface area (Å²) < 4.78 is 1.80. The summed E-state index contributed by atoms with van der Waals surface area (Å²) in [5.74, 6) is -0.102. The molecule has 170 valence electrons. The molecule has 1 aromatic heterocycles. The second-order valence-electron chi connectivity index (χ2n) is 9.65. The quantitative estimate of drug-likeness (QED) is 0.706. The summed E-state index contributed by atoms with van der Waals surface area (Å²) in [6.07, 6.45) is 11.4. The maximum absolute atomic E-state index is 13.5. The molecule has 7 nitrogen and oxygen atoms in total. The highest BCUT2D eigenvalue weighted by molar-refractivity contribution is 5.94. The first-order valence-corrected chi connectivity index (χ1v) is 12.1. The Balaban J connectivity index is 1.53. The largest absolute Gasteiger partial charge is 0.355 e. The Morgan fingerprint density at radius 3 is 2.26 bits per heavy atom. The van der Waals surface area contributed by atoms with Crippen LogP contribution in [-0.4, -0.2) is 50.7 Å². The lowest BCUT2D eigenvalue weighted by Gasteiger charge is -2.46. The van der Waals surface area contributed by atoms with E-state index in [1.807, 2.05) is 19.9 Å². The molecule has 31 heavy (non-hydrogen) atoms. The number of amides is 2. The second kappa shape index (κ2) is 9.05. The van der Waals surface area contributed by atoms with Gasteiger partial charge in [-0.05, 0) is 45.6 Å². The van der Waals surface area contributed by atoms with Crippen molar-refractivity contribution in [2.75, 3.05) is 6.54 Å². The Kier molecular flexibility index (Phi) is 6.39. The Morgan fingerprint density at radius 1 is 1.06 bits per heavy atom. The van der Waals surface area contributed by atoms with Crippen LogP contribution in [0.25, 0.3) is 5.70 Å². The molecule has 2 aliphatic carbocycles. The lowest BCUT2D eigenvalue weighted by atomic mass is 9.93. The van der Waals surface area contributed by atoms with Crippen LogP contribution in [0, 0.1) is 0 Å². The van der Waals surface area contributed by atoms with E-state index in [9.17, 15) is 9.59 Å². The lowest BCUT2D eigenvalue weighted by Crippen LogP contribution is -2.62. The first-order valence-electron chi connectivity index (χ1n) is 12.1. The molecule has 1 unspecified atom stereocenters. The second-order valence-corrected chi connectivity index (χ2v) is 9.65. The van der Waals surface area contributed by atoms with Crippen LogP contribution < -0.4 is 10.6 Å². The van der Waals surface area contributed by atoms with Gasteiger partial charge < -0.3 is 15.5 Å². The van der Waals surface area contributed by atoms with Gasteiger partial charge in [-0.1, -0.05) is 45.1 Å². The molecule has 2 saturated carbocycles. The SMILES string of the molecule is C=C1c2cc(C(=O)NC3CCCC3)nn2CC(C)(C(=O)NC2CCCCCC2)N1CC. The van der Waals surface area contributed by atoms with Crippen LogP contribution in [0.15, 0.2) is 12.6 Å². The summed E-state index contributed by atoms with van der Waals surface area (Å²) in [6.45, 7) is 9.37. The topological polar surface area (TPSA) is 79.3 Å². The van der Waals surface area contributed by atoms with E-state index in [0.717, 1.165) is 37.1 Å². The molecule has 0 radical (unpaired) electrons. The minimum absolute atomic E-state index is 0.0282. The van der Waals surface area contributed by atoms with E-state index in [-0.39, 0.29) is 23.9 Å². The summed E-state index contributed by atoms with van der Waals surface area (Å²) in [7, 11) is 0. The molecular formula is C24H37N5O2. The van der Waals surface area contributed by atoms with Gasteiger partial charge in [0.2, 0.25) is 5.91 Å². The van der Waals surface area contributed by atoms with Crippen molar-refractivity contribution >= 4 is 17.5 Å². The fraction of sp³-hybridized carbons (Fsp3) is 0.708. The number of carbonyl (C=O) groups excluding carboxylic acids is 2. The van der Waals surface area contributed by atoms with Gasteiger partial charge in [-0.25, -0.2) is 0 Å². The number of nitrogens with zero attached hydrogens (tertiary/aromatic N) is 3. The summed E-state index contributed by atoms with van der Waals surface area (Å²) in [5.41, 5.74) is 1.20. The molecule has 2 N–H and O–H groups in total. The van der Waals surface area contributed by atoms with Crippen molar-refractivity contribution in [1.29, 1.82) is 0 Å². The molecule has 2 heterocycles. The maximum Gasteiger partial charge on any atom is 0.272 e. The van der Waals surface area contributed by atoms with E-state index < -0.39 is 5.54 Å². The molecule has 2 fully saturated rings. The van der Waals surface area contributed by atoms with Gasteiger partial charge >= 0.3 is 0 Å². The number of likely N-dealkylation sites (N-methyl/N-ethyl adjacent to an activating group) is 1. The third-order valence-corrected chi connectivity index (χ3v) is 7.37. The van der Waals surface area contributed by atoms with Crippen LogP contribution in [0.4, 0.5) is 0 Å². The van der Waals surface area contributed by atoms with Gasteiger partial charge in [-0.3, -0.25) is 14.3 Å². The fourth-order valence-corrected chi connectivity index (χ4v) is 5.52. The summed E-state index contributed by atoms with van der Waals surface area (Å²) in [4.78, 5) is 28.3. The van der Waals surface area contributed by atoms with Crippen LogP contribution in [0.5, 0.6) is 0 Å². The Hall–Kier alpha value is -2.31. The van der Waals surface area contributed by atoms with E-state index in [0.29, 0.717) is 18.8 Å². The van der Waals surface area contributed by atoms with Crippen LogP contribution in [0.1, 0.15) is 94.2 Å². The molecule has 3 aliphatic rings. The van der Waals surface area contributed by atoms with Crippen molar-refractivity contribution in [1.82, 2.24) is 25.3 Å². The van der Waals surface area contributed by atoms with Crippen molar-refractivity contribution in [2.45, 2.75) is 102 Å². The molecule has 0 bridgehead atoms. The highest BCUT2D eigenvalue weighted by Gasteiger charge is 2.45. The minimum atomic E-state index is -0.781. The van der Waals surface area contributed by atoms with Crippen LogP contribution in [-0.2, 0) is 11.3 Å². The van der Waals surface area contributed by atoms with E-state index in [4.69, 9.17) is 0 Å². The van der Waals surface area contributed by atoms with Crippen molar-refractivity contribution in [3.63, 3.8) is 0 Å². The predicted molar refractivity (Wildman–Crippen MR) is 121 cm³/mol.